The second-order valence-electron chi connectivity index (χ2n) is 7.14. The quantitative estimate of drug-likeness (QED) is 0.344. The topological polar surface area (TPSA) is 101 Å². The number of benzene rings is 1. The number of pyridine rings is 1. The highest BCUT2D eigenvalue weighted by Crippen LogP contribution is 2.28. The van der Waals surface area contributed by atoms with Gasteiger partial charge in [-0.25, -0.2) is 9.78 Å². The molecule has 0 unspecified atom stereocenters. The SMILES string of the molecule is Cc1cc(C)cc(NC(=O)Nc2nnc(SCc3cc(=O)n4cc(C)ccc4n3)s2)c1. The predicted molar refractivity (Wildman–Crippen MR) is 124 cm³/mol. The Morgan fingerprint density at radius 2 is 1.81 bits per heavy atom. The zero-order valence-electron chi connectivity index (χ0n) is 17.2. The van der Waals surface area contributed by atoms with Gasteiger partial charge in [0.15, 0.2) is 4.34 Å². The maximum Gasteiger partial charge on any atom is 0.325 e. The number of amides is 2. The molecule has 3 aromatic heterocycles. The molecule has 1 aromatic carbocycles. The van der Waals surface area contributed by atoms with Crippen molar-refractivity contribution >= 4 is 45.6 Å². The first-order valence-electron chi connectivity index (χ1n) is 9.47. The summed E-state index contributed by atoms with van der Waals surface area (Å²) in [6.07, 6.45) is 1.77. The predicted octanol–water partition coefficient (Wildman–Crippen LogP) is 4.41. The summed E-state index contributed by atoms with van der Waals surface area (Å²) in [6, 6.07) is 10.7. The fourth-order valence-electron chi connectivity index (χ4n) is 3.09. The van der Waals surface area contributed by atoms with E-state index < -0.39 is 0 Å². The van der Waals surface area contributed by atoms with Crippen molar-refractivity contribution in [2.75, 3.05) is 10.6 Å². The zero-order chi connectivity index (χ0) is 22.0. The number of aromatic nitrogens is 4. The summed E-state index contributed by atoms with van der Waals surface area (Å²) >= 11 is 2.68. The van der Waals surface area contributed by atoms with E-state index in [9.17, 15) is 9.59 Å². The molecule has 3 heterocycles. The van der Waals surface area contributed by atoms with Crippen molar-refractivity contribution < 1.29 is 4.79 Å². The van der Waals surface area contributed by atoms with Crippen LogP contribution >= 0.6 is 23.1 Å². The minimum absolute atomic E-state index is 0.119. The smallest absolute Gasteiger partial charge is 0.308 e. The van der Waals surface area contributed by atoms with Crippen LogP contribution < -0.4 is 16.2 Å². The lowest BCUT2D eigenvalue weighted by Crippen LogP contribution is -2.19. The normalized spacial score (nSPS) is 10.9. The van der Waals surface area contributed by atoms with Crippen molar-refractivity contribution in [3.05, 3.63) is 75.3 Å². The fraction of sp³-hybridized carbons (Fsp3) is 0.190. The highest BCUT2D eigenvalue weighted by molar-refractivity contribution is 8.00. The van der Waals surface area contributed by atoms with Crippen LogP contribution in [0.5, 0.6) is 0 Å². The molecule has 0 bridgehead atoms. The van der Waals surface area contributed by atoms with Gasteiger partial charge in [0, 0.05) is 23.7 Å². The number of carbonyl (C=O) groups excluding carboxylic acids is 1. The van der Waals surface area contributed by atoms with E-state index in [1.54, 1.807) is 6.20 Å². The number of fused-ring (bicyclic) bond motifs is 1. The van der Waals surface area contributed by atoms with E-state index in [4.69, 9.17) is 0 Å². The van der Waals surface area contributed by atoms with Gasteiger partial charge < -0.3 is 5.32 Å². The third kappa shape index (κ3) is 5.28. The van der Waals surface area contributed by atoms with Crippen LogP contribution in [-0.4, -0.2) is 25.6 Å². The van der Waals surface area contributed by atoms with Crippen molar-refractivity contribution in [3.63, 3.8) is 0 Å². The first kappa shape index (κ1) is 21.0. The van der Waals surface area contributed by atoms with Crippen molar-refractivity contribution in [3.8, 4) is 0 Å². The summed E-state index contributed by atoms with van der Waals surface area (Å²) in [4.78, 5) is 29.1. The van der Waals surface area contributed by atoms with Gasteiger partial charge in [0.2, 0.25) is 5.13 Å². The van der Waals surface area contributed by atoms with Crippen molar-refractivity contribution in [2.24, 2.45) is 0 Å². The van der Waals surface area contributed by atoms with Gasteiger partial charge >= 0.3 is 6.03 Å². The Balaban J connectivity index is 1.38. The van der Waals surface area contributed by atoms with Crippen LogP contribution in [0.25, 0.3) is 5.65 Å². The molecular formula is C21H20N6O2S2. The summed E-state index contributed by atoms with van der Waals surface area (Å²) in [6.45, 7) is 5.88. The molecule has 8 nitrogen and oxygen atoms in total. The number of thioether (sulfide) groups is 1. The lowest BCUT2D eigenvalue weighted by Gasteiger charge is -2.07. The molecule has 4 aromatic rings. The van der Waals surface area contributed by atoms with E-state index in [0.717, 1.165) is 22.4 Å². The lowest BCUT2D eigenvalue weighted by atomic mass is 10.1. The van der Waals surface area contributed by atoms with Crippen molar-refractivity contribution in [2.45, 2.75) is 30.9 Å². The monoisotopic (exact) mass is 452 g/mol. The largest absolute Gasteiger partial charge is 0.325 e. The highest BCUT2D eigenvalue weighted by Gasteiger charge is 2.11. The molecule has 158 valence electrons. The number of nitrogens with zero attached hydrogens (tertiary/aromatic N) is 4. The van der Waals surface area contributed by atoms with E-state index in [-0.39, 0.29) is 11.6 Å². The number of anilines is 2. The minimum atomic E-state index is -0.378. The first-order valence-corrected chi connectivity index (χ1v) is 11.3. The molecule has 0 aliphatic carbocycles. The van der Waals surface area contributed by atoms with E-state index in [1.165, 1.54) is 33.6 Å². The van der Waals surface area contributed by atoms with Crippen LogP contribution in [0.15, 0.2) is 51.7 Å². The average molecular weight is 453 g/mol. The lowest BCUT2D eigenvalue weighted by molar-refractivity contribution is 0.262. The van der Waals surface area contributed by atoms with Crippen molar-refractivity contribution in [1.29, 1.82) is 0 Å². The molecule has 0 aliphatic rings. The van der Waals surface area contributed by atoms with Crippen LogP contribution in [0.3, 0.4) is 0 Å². The second-order valence-corrected chi connectivity index (χ2v) is 9.34. The molecule has 0 atom stereocenters. The van der Waals surface area contributed by atoms with Gasteiger partial charge in [0.05, 0.1) is 5.69 Å². The second kappa shape index (κ2) is 8.86. The van der Waals surface area contributed by atoms with E-state index in [1.807, 2.05) is 51.1 Å². The molecular weight excluding hydrogens is 432 g/mol. The Morgan fingerprint density at radius 3 is 2.58 bits per heavy atom. The summed E-state index contributed by atoms with van der Waals surface area (Å²) < 4.78 is 2.21. The molecule has 31 heavy (non-hydrogen) atoms. The van der Waals surface area contributed by atoms with Gasteiger partial charge in [-0.05, 0) is 55.7 Å². The molecule has 0 radical (unpaired) electrons. The molecule has 0 saturated carbocycles. The van der Waals surface area contributed by atoms with Crippen LogP contribution in [0, 0.1) is 20.8 Å². The van der Waals surface area contributed by atoms with Gasteiger partial charge in [0.25, 0.3) is 5.56 Å². The summed E-state index contributed by atoms with van der Waals surface area (Å²) in [7, 11) is 0. The average Bonchev–Trinajstić information content (AvgIpc) is 3.13. The van der Waals surface area contributed by atoms with Gasteiger partial charge in [-0.3, -0.25) is 14.5 Å². The summed E-state index contributed by atoms with van der Waals surface area (Å²) in [5.74, 6) is 0.475. The number of rotatable bonds is 5. The fourth-order valence-corrected chi connectivity index (χ4v) is 4.73. The van der Waals surface area contributed by atoms with Gasteiger partial charge in [-0.15, -0.1) is 10.2 Å². The highest BCUT2D eigenvalue weighted by atomic mass is 32.2. The Hall–Kier alpha value is -3.24. The van der Waals surface area contributed by atoms with Gasteiger partial charge in [-0.1, -0.05) is 35.2 Å². The molecule has 0 fully saturated rings. The maximum absolute atomic E-state index is 12.3. The summed E-state index contributed by atoms with van der Waals surface area (Å²) in [5.41, 5.74) is 5.01. The maximum atomic E-state index is 12.3. The Kier molecular flexibility index (Phi) is 6.01. The minimum Gasteiger partial charge on any atom is -0.308 e. The number of hydrogen-bond donors (Lipinski definition) is 2. The van der Waals surface area contributed by atoms with Crippen LogP contribution in [0.2, 0.25) is 0 Å². The molecule has 2 amide bonds. The number of hydrogen-bond acceptors (Lipinski definition) is 7. The number of nitrogens with one attached hydrogen (secondary N) is 2. The Morgan fingerprint density at radius 1 is 1.03 bits per heavy atom. The van der Waals surface area contributed by atoms with Gasteiger partial charge in [0.1, 0.15) is 5.65 Å². The third-order valence-corrected chi connectivity index (χ3v) is 6.32. The van der Waals surface area contributed by atoms with Crippen LogP contribution in [0.4, 0.5) is 15.6 Å². The van der Waals surface area contributed by atoms with Crippen molar-refractivity contribution in [1.82, 2.24) is 19.6 Å². The molecule has 0 saturated heterocycles. The third-order valence-electron chi connectivity index (χ3n) is 4.31. The standard InChI is InChI=1S/C21H20N6O2S2/c1-12-4-5-17-22-16(9-18(28)27(17)10-12)11-30-21-26-25-20(31-21)24-19(29)23-15-7-13(2)6-14(3)8-15/h4-10H,11H2,1-3H3,(H2,23,24,25,29). The van der Waals surface area contributed by atoms with E-state index in [0.29, 0.717) is 26.6 Å². The zero-order valence-corrected chi connectivity index (χ0v) is 18.8. The van der Waals surface area contributed by atoms with E-state index in [2.05, 4.69) is 25.8 Å². The van der Waals surface area contributed by atoms with Gasteiger partial charge in [-0.2, -0.15) is 0 Å². The Bertz CT molecular complexity index is 1310. The molecule has 2 N–H and O–H groups in total. The first-order chi connectivity index (χ1) is 14.9. The molecule has 0 spiro atoms. The van der Waals surface area contributed by atoms with Crippen LogP contribution in [0.1, 0.15) is 22.4 Å². The number of carbonyl (C=O) groups is 1. The van der Waals surface area contributed by atoms with Crippen LogP contribution in [-0.2, 0) is 5.75 Å². The van der Waals surface area contributed by atoms with E-state index >= 15 is 0 Å². The Labute approximate surface area is 186 Å². The molecule has 4 rings (SSSR count). The molecule has 10 heteroatoms. The number of aryl methyl sites for hydroxylation is 3. The molecule has 0 aliphatic heterocycles. The number of urea groups is 1. The summed E-state index contributed by atoms with van der Waals surface area (Å²) in [5, 5.41) is 14.0.